The normalized spacial score (nSPS) is 13.7. The van der Waals surface area contributed by atoms with Gasteiger partial charge >= 0.3 is 0 Å². The average molecular weight is 311 g/mol. The highest BCUT2D eigenvalue weighted by Crippen LogP contribution is 2.29. The van der Waals surface area contributed by atoms with Crippen LogP contribution >= 0.6 is 11.3 Å². The summed E-state index contributed by atoms with van der Waals surface area (Å²) >= 11 is 1.58. The number of thiazole rings is 1. The first-order chi connectivity index (χ1) is 9.34. The molecule has 0 saturated carbocycles. The second-order valence-electron chi connectivity index (χ2n) is 4.56. The summed E-state index contributed by atoms with van der Waals surface area (Å²) in [5, 5.41) is 0.941. The van der Waals surface area contributed by atoms with Crippen molar-refractivity contribution in [3.05, 3.63) is 40.1 Å². The maximum Gasteiger partial charge on any atom is 0.244 e. The standard InChI is InChI=1S/C13H17N3O2S2/c1-9(13-10(2)19-11(3)15-13)16(4)20(17,18)12-6-5-7-14-8-12/h5-9H,1-4H3/t9-/m1/s1. The lowest BCUT2D eigenvalue weighted by Crippen LogP contribution is -2.30. The van der Waals surface area contributed by atoms with Gasteiger partial charge in [0, 0.05) is 24.3 Å². The molecule has 5 nitrogen and oxygen atoms in total. The van der Waals surface area contributed by atoms with Crippen molar-refractivity contribution in [2.24, 2.45) is 0 Å². The van der Waals surface area contributed by atoms with Crippen LogP contribution in [0.2, 0.25) is 0 Å². The number of nitrogens with zero attached hydrogens (tertiary/aromatic N) is 3. The Kier molecular flexibility index (Phi) is 4.22. The number of pyridine rings is 1. The third-order valence-electron chi connectivity index (χ3n) is 3.19. The summed E-state index contributed by atoms with van der Waals surface area (Å²) in [6.07, 6.45) is 2.91. The molecule has 0 aliphatic carbocycles. The number of sulfonamides is 1. The largest absolute Gasteiger partial charge is 0.263 e. The van der Waals surface area contributed by atoms with Crippen LogP contribution in [0.3, 0.4) is 0 Å². The first-order valence-corrected chi connectivity index (χ1v) is 8.41. The number of hydrogen-bond donors (Lipinski definition) is 0. The smallest absolute Gasteiger partial charge is 0.244 e. The van der Waals surface area contributed by atoms with E-state index in [1.807, 2.05) is 20.8 Å². The van der Waals surface area contributed by atoms with Crippen molar-refractivity contribution in [1.29, 1.82) is 0 Å². The summed E-state index contributed by atoms with van der Waals surface area (Å²) in [6.45, 7) is 5.72. The average Bonchev–Trinajstić information content (AvgIpc) is 2.77. The lowest BCUT2D eigenvalue weighted by molar-refractivity contribution is 0.391. The number of aromatic nitrogens is 2. The highest BCUT2D eigenvalue weighted by molar-refractivity contribution is 7.89. The number of hydrogen-bond acceptors (Lipinski definition) is 5. The molecule has 2 heterocycles. The Labute approximate surface area is 123 Å². The maximum atomic E-state index is 12.5. The summed E-state index contributed by atoms with van der Waals surface area (Å²) in [7, 11) is -1.99. The molecule has 108 valence electrons. The van der Waals surface area contributed by atoms with Crippen LogP contribution in [0.1, 0.15) is 28.5 Å². The minimum Gasteiger partial charge on any atom is -0.263 e. The lowest BCUT2D eigenvalue weighted by Gasteiger charge is -2.23. The summed E-state index contributed by atoms with van der Waals surface area (Å²) < 4.78 is 26.4. The Morgan fingerprint density at radius 1 is 1.35 bits per heavy atom. The SMILES string of the molecule is Cc1nc([C@@H](C)N(C)S(=O)(=O)c2cccnc2)c(C)s1. The highest BCUT2D eigenvalue weighted by atomic mass is 32.2. The summed E-state index contributed by atoms with van der Waals surface area (Å²) in [6, 6.07) is 2.85. The van der Waals surface area contributed by atoms with E-state index in [1.165, 1.54) is 10.5 Å². The third kappa shape index (κ3) is 2.74. The van der Waals surface area contributed by atoms with Crippen LogP contribution in [-0.4, -0.2) is 29.7 Å². The zero-order valence-electron chi connectivity index (χ0n) is 11.9. The van der Waals surface area contributed by atoms with Gasteiger partial charge in [0.1, 0.15) is 4.90 Å². The summed E-state index contributed by atoms with van der Waals surface area (Å²) in [5.74, 6) is 0. The van der Waals surface area contributed by atoms with E-state index < -0.39 is 10.0 Å². The van der Waals surface area contributed by atoms with Crippen molar-refractivity contribution < 1.29 is 8.42 Å². The van der Waals surface area contributed by atoms with Crippen LogP contribution < -0.4 is 0 Å². The molecular formula is C13H17N3O2S2. The fourth-order valence-corrected chi connectivity index (χ4v) is 4.18. The Hall–Kier alpha value is -1.31. The molecule has 0 amide bonds. The van der Waals surface area contributed by atoms with Crippen LogP contribution in [0, 0.1) is 13.8 Å². The quantitative estimate of drug-likeness (QED) is 0.870. The molecule has 2 rings (SSSR count). The van der Waals surface area contributed by atoms with Gasteiger partial charge in [-0.05, 0) is 32.9 Å². The molecule has 7 heteroatoms. The van der Waals surface area contributed by atoms with Crippen molar-refractivity contribution in [3.8, 4) is 0 Å². The maximum absolute atomic E-state index is 12.5. The van der Waals surface area contributed by atoms with Gasteiger partial charge in [-0.25, -0.2) is 13.4 Å². The molecule has 0 fully saturated rings. The molecule has 0 unspecified atom stereocenters. The molecule has 0 spiro atoms. The lowest BCUT2D eigenvalue weighted by atomic mass is 10.2. The molecule has 20 heavy (non-hydrogen) atoms. The fourth-order valence-electron chi connectivity index (χ4n) is 1.98. The molecule has 0 aromatic carbocycles. The topological polar surface area (TPSA) is 63.2 Å². The molecular weight excluding hydrogens is 294 g/mol. The van der Waals surface area contributed by atoms with Crippen LogP contribution in [-0.2, 0) is 10.0 Å². The van der Waals surface area contributed by atoms with Crippen LogP contribution in [0.5, 0.6) is 0 Å². The van der Waals surface area contributed by atoms with Gasteiger partial charge in [-0.3, -0.25) is 4.98 Å². The molecule has 0 aliphatic heterocycles. The second-order valence-corrected chi connectivity index (χ2v) is 7.97. The molecule has 0 aliphatic rings. The highest BCUT2D eigenvalue weighted by Gasteiger charge is 2.28. The van der Waals surface area contributed by atoms with Gasteiger partial charge < -0.3 is 0 Å². The third-order valence-corrected chi connectivity index (χ3v) is 6.01. The van der Waals surface area contributed by atoms with Crippen LogP contribution in [0.15, 0.2) is 29.4 Å². The zero-order chi connectivity index (χ0) is 14.9. The Balaban J connectivity index is 2.36. The van der Waals surface area contributed by atoms with E-state index >= 15 is 0 Å². The monoisotopic (exact) mass is 311 g/mol. The van der Waals surface area contributed by atoms with Gasteiger partial charge in [0.25, 0.3) is 0 Å². The second kappa shape index (κ2) is 5.59. The van der Waals surface area contributed by atoms with Gasteiger partial charge in [-0.2, -0.15) is 4.31 Å². The van der Waals surface area contributed by atoms with Crippen molar-refractivity contribution in [2.75, 3.05) is 7.05 Å². The van der Waals surface area contributed by atoms with E-state index in [0.29, 0.717) is 0 Å². The van der Waals surface area contributed by atoms with Gasteiger partial charge in [-0.1, -0.05) is 0 Å². The number of rotatable bonds is 4. The molecule has 0 N–H and O–H groups in total. The summed E-state index contributed by atoms with van der Waals surface area (Å²) in [4.78, 5) is 9.54. The van der Waals surface area contributed by atoms with Crippen molar-refractivity contribution in [1.82, 2.24) is 14.3 Å². The summed E-state index contributed by atoms with van der Waals surface area (Å²) in [5.41, 5.74) is 0.808. The van der Waals surface area contributed by atoms with Crippen molar-refractivity contribution >= 4 is 21.4 Å². The first kappa shape index (κ1) is 15.1. The predicted molar refractivity (Wildman–Crippen MR) is 79.2 cm³/mol. The van der Waals surface area contributed by atoms with E-state index in [1.54, 1.807) is 36.7 Å². The van der Waals surface area contributed by atoms with E-state index in [0.717, 1.165) is 15.6 Å². The zero-order valence-corrected chi connectivity index (χ0v) is 13.5. The van der Waals surface area contributed by atoms with Gasteiger partial charge in [0.05, 0.1) is 16.7 Å². The molecule has 1 atom stereocenters. The first-order valence-electron chi connectivity index (χ1n) is 6.16. The van der Waals surface area contributed by atoms with Crippen LogP contribution in [0.4, 0.5) is 0 Å². The van der Waals surface area contributed by atoms with Crippen LogP contribution in [0.25, 0.3) is 0 Å². The Morgan fingerprint density at radius 2 is 2.05 bits per heavy atom. The minimum atomic E-state index is -3.56. The van der Waals surface area contributed by atoms with E-state index in [4.69, 9.17) is 0 Å². The Bertz CT molecular complexity index is 696. The minimum absolute atomic E-state index is 0.193. The van der Waals surface area contributed by atoms with E-state index in [-0.39, 0.29) is 10.9 Å². The Morgan fingerprint density at radius 3 is 2.55 bits per heavy atom. The molecule has 0 radical (unpaired) electrons. The molecule has 0 bridgehead atoms. The predicted octanol–water partition coefficient (Wildman–Crippen LogP) is 2.54. The fraction of sp³-hybridized carbons (Fsp3) is 0.385. The van der Waals surface area contributed by atoms with Gasteiger partial charge in [0.2, 0.25) is 10.0 Å². The molecule has 2 aromatic rings. The molecule has 2 aromatic heterocycles. The van der Waals surface area contributed by atoms with E-state index in [9.17, 15) is 8.42 Å². The van der Waals surface area contributed by atoms with Crippen molar-refractivity contribution in [3.63, 3.8) is 0 Å². The number of aryl methyl sites for hydroxylation is 2. The van der Waals surface area contributed by atoms with Crippen molar-refractivity contribution in [2.45, 2.75) is 31.7 Å². The molecule has 0 saturated heterocycles. The van der Waals surface area contributed by atoms with Gasteiger partial charge in [-0.15, -0.1) is 11.3 Å². The van der Waals surface area contributed by atoms with Gasteiger partial charge in [0.15, 0.2) is 0 Å². The van der Waals surface area contributed by atoms with E-state index in [2.05, 4.69) is 9.97 Å².